The van der Waals surface area contributed by atoms with E-state index in [0.717, 1.165) is 16.9 Å². The first-order valence-corrected chi connectivity index (χ1v) is 8.60. The van der Waals surface area contributed by atoms with Crippen LogP contribution in [0.5, 0.6) is 0 Å². The molecule has 3 rings (SSSR count). The van der Waals surface area contributed by atoms with E-state index in [4.69, 9.17) is 4.42 Å². The molecule has 0 saturated carbocycles. The lowest BCUT2D eigenvalue weighted by Crippen LogP contribution is -2.12. The second kappa shape index (κ2) is 6.80. The van der Waals surface area contributed by atoms with E-state index < -0.39 is 0 Å². The molecule has 0 aliphatic rings. The van der Waals surface area contributed by atoms with Crippen molar-refractivity contribution >= 4 is 33.7 Å². The van der Waals surface area contributed by atoms with Crippen LogP contribution in [0.3, 0.4) is 0 Å². The Kier molecular flexibility index (Phi) is 4.59. The third-order valence-corrected chi connectivity index (χ3v) is 4.69. The predicted molar refractivity (Wildman–Crippen MR) is 86.1 cm³/mol. The van der Waals surface area contributed by atoms with Crippen LogP contribution in [0.2, 0.25) is 0 Å². The van der Waals surface area contributed by atoms with Crippen LogP contribution in [-0.2, 0) is 17.6 Å². The fourth-order valence-corrected chi connectivity index (χ4v) is 3.19. The zero-order valence-corrected chi connectivity index (χ0v) is 13.5. The summed E-state index contributed by atoms with van der Waals surface area (Å²) >= 11 is 3.06. The van der Waals surface area contributed by atoms with Crippen LogP contribution in [0, 0.1) is 0 Å². The molecule has 114 valence electrons. The summed E-state index contributed by atoms with van der Waals surface area (Å²) in [6, 6.07) is 1.92. The van der Waals surface area contributed by atoms with Crippen LogP contribution in [-0.4, -0.2) is 21.1 Å². The van der Waals surface area contributed by atoms with E-state index in [2.05, 4.69) is 27.4 Å². The zero-order chi connectivity index (χ0) is 15.4. The van der Waals surface area contributed by atoms with Crippen molar-refractivity contribution < 1.29 is 9.21 Å². The van der Waals surface area contributed by atoms with Crippen molar-refractivity contribution in [2.24, 2.45) is 0 Å². The summed E-state index contributed by atoms with van der Waals surface area (Å²) in [6.45, 7) is 2.06. The minimum absolute atomic E-state index is 0.104. The number of rotatable bonds is 6. The van der Waals surface area contributed by atoms with Gasteiger partial charge in [0.05, 0.1) is 0 Å². The molecular weight excluding hydrogens is 320 g/mol. The summed E-state index contributed by atoms with van der Waals surface area (Å²) in [5.74, 6) is 0.848. The first-order chi connectivity index (χ1) is 10.7. The van der Waals surface area contributed by atoms with Crippen LogP contribution < -0.4 is 5.32 Å². The highest BCUT2D eigenvalue weighted by Crippen LogP contribution is 2.21. The molecule has 3 aromatic rings. The largest absolute Gasteiger partial charge is 0.421 e. The number of thiazole rings is 1. The van der Waals surface area contributed by atoms with Gasteiger partial charge in [0, 0.05) is 34.9 Å². The number of thiophene rings is 1. The van der Waals surface area contributed by atoms with Gasteiger partial charge in [-0.05, 0) is 17.9 Å². The van der Waals surface area contributed by atoms with Crippen molar-refractivity contribution in [3.63, 3.8) is 0 Å². The summed E-state index contributed by atoms with van der Waals surface area (Å²) in [5, 5.41) is 15.3. The lowest BCUT2D eigenvalue weighted by Gasteiger charge is -1.99. The lowest BCUT2D eigenvalue weighted by atomic mass is 10.3. The molecule has 0 aliphatic heterocycles. The van der Waals surface area contributed by atoms with Crippen molar-refractivity contribution in [1.82, 2.24) is 15.2 Å². The predicted octanol–water partition coefficient (Wildman–Crippen LogP) is 3.39. The molecule has 0 radical (unpaired) electrons. The second-order valence-electron chi connectivity index (χ2n) is 4.55. The van der Waals surface area contributed by atoms with E-state index in [0.29, 0.717) is 23.3 Å². The summed E-state index contributed by atoms with van der Waals surface area (Å²) in [5.41, 5.74) is 0.906. The molecule has 0 aromatic carbocycles. The minimum Gasteiger partial charge on any atom is -0.421 e. The summed E-state index contributed by atoms with van der Waals surface area (Å²) in [4.78, 5) is 17.2. The van der Waals surface area contributed by atoms with E-state index in [1.165, 1.54) is 11.3 Å². The molecule has 0 fully saturated rings. The smallest absolute Gasteiger partial charge is 0.248 e. The molecule has 0 atom stereocenters. The van der Waals surface area contributed by atoms with Crippen LogP contribution >= 0.6 is 22.7 Å². The van der Waals surface area contributed by atoms with Crippen LogP contribution in [0.1, 0.15) is 24.1 Å². The average molecular weight is 334 g/mol. The maximum Gasteiger partial charge on any atom is 0.248 e. The Balaban J connectivity index is 1.52. The molecule has 0 aliphatic carbocycles. The molecule has 3 aromatic heterocycles. The van der Waals surface area contributed by atoms with Gasteiger partial charge in [-0.1, -0.05) is 6.92 Å². The maximum absolute atomic E-state index is 11.9. The van der Waals surface area contributed by atoms with E-state index in [-0.39, 0.29) is 12.3 Å². The van der Waals surface area contributed by atoms with Crippen molar-refractivity contribution in [3.8, 4) is 11.5 Å². The molecule has 0 unspecified atom stereocenters. The number of nitrogens with zero attached hydrogens (tertiary/aromatic N) is 3. The van der Waals surface area contributed by atoms with Gasteiger partial charge in [-0.15, -0.1) is 21.5 Å². The SMILES string of the molecule is CCc1cnc(NC(=O)CCc2nnc(-c3ccsc3)o2)s1. The van der Waals surface area contributed by atoms with E-state index in [1.807, 2.05) is 16.8 Å². The molecule has 0 spiro atoms. The van der Waals surface area contributed by atoms with Gasteiger partial charge in [0.25, 0.3) is 0 Å². The van der Waals surface area contributed by atoms with Gasteiger partial charge in [0.1, 0.15) is 0 Å². The van der Waals surface area contributed by atoms with Gasteiger partial charge >= 0.3 is 0 Å². The first-order valence-electron chi connectivity index (χ1n) is 6.84. The van der Waals surface area contributed by atoms with Crippen molar-refractivity contribution in [1.29, 1.82) is 0 Å². The van der Waals surface area contributed by atoms with Gasteiger partial charge < -0.3 is 9.73 Å². The molecule has 6 nitrogen and oxygen atoms in total. The molecule has 3 heterocycles. The molecule has 0 bridgehead atoms. The monoisotopic (exact) mass is 334 g/mol. The number of aromatic nitrogens is 3. The Morgan fingerprint density at radius 3 is 3.05 bits per heavy atom. The third-order valence-electron chi connectivity index (χ3n) is 2.95. The number of hydrogen-bond acceptors (Lipinski definition) is 7. The summed E-state index contributed by atoms with van der Waals surface area (Å²) in [6.07, 6.45) is 3.40. The van der Waals surface area contributed by atoms with E-state index in [9.17, 15) is 4.79 Å². The van der Waals surface area contributed by atoms with Crippen LogP contribution in [0.15, 0.2) is 27.4 Å². The van der Waals surface area contributed by atoms with Crippen LogP contribution in [0.25, 0.3) is 11.5 Å². The van der Waals surface area contributed by atoms with E-state index in [1.54, 1.807) is 17.5 Å². The molecule has 8 heteroatoms. The molecule has 22 heavy (non-hydrogen) atoms. The quantitative estimate of drug-likeness (QED) is 0.747. The van der Waals surface area contributed by atoms with Crippen molar-refractivity contribution in [3.05, 3.63) is 33.8 Å². The van der Waals surface area contributed by atoms with Gasteiger partial charge in [-0.3, -0.25) is 4.79 Å². The standard InChI is InChI=1S/C14H14N4O2S2/c1-2-10-7-15-14(22-10)16-11(19)3-4-12-17-18-13(20-12)9-5-6-21-8-9/h5-8H,2-4H2,1H3,(H,15,16,19). The Morgan fingerprint density at radius 2 is 2.32 bits per heavy atom. The second-order valence-corrected chi connectivity index (χ2v) is 6.44. The van der Waals surface area contributed by atoms with Crippen molar-refractivity contribution in [2.75, 3.05) is 5.32 Å². The fraction of sp³-hybridized carbons (Fsp3) is 0.286. The number of amides is 1. The molecular formula is C14H14N4O2S2. The summed E-state index contributed by atoms with van der Waals surface area (Å²) in [7, 11) is 0. The Bertz CT molecular complexity index is 749. The highest BCUT2D eigenvalue weighted by atomic mass is 32.1. The number of nitrogens with one attached hydrogen (secondary N) is 1. The molecule has 1 N–H and O–H groups in total. The van der Waals surface area contributed by atoms with E-state index >= 15 is 0 Å². The highest BCUT2D eigenvalue weighted by Gasteiger charge is 2.12. The molecule has 1 amide bonds. The number of hydrogen-bond donors (Lipinski definition) is 1. The third kappa shape index (κ3) is 3.58. The lowest BCUT2D eigenvalue weighted by molar-refractivity contribution is -0.116. The number of carbonyl (C=O) groups is 1. The number of carbonyl (C=O) groups excluding carboxylic acids is 1. The van der Waals surface area contributed by atoms with Gasteiger partial charge in [-0.2, -0.15) is 11.3 Å². The number of anilines is 1. The number of aryl methyl sites for hydroxylation is 2. The average Bonchev–Trinajstić information content (AvgIpc) is 3.25. The zero-order valence-electron chi connectivity index (χ0n) is 11.9. The van der Waals surface area contributed by atoms with Crippen molar-refractivity contribution in [2.45, 2.75) is 26.2 Å². The topological polar surface area (TPSA) is 80.9 Å². The van der Waals surface area contributed by atoms with Gasteiger partial charge in [0.2, 0.25) is 17.7 Å². The molecule has 0 saturated heterocycles. The van der Waals surface area contributed by atoms with Crippen LogP contribution in [0.4, 0.5) is 5.13 Å². The highest BCUT2D eigenvalue weighted by molar-refractivity contribution is 7.15. The van der Waals surface area contributed by atoms with Gasteiger partial charge in [-0.25, -0.2) is 4.98 Å². The maximum atomic E-state index is 11.9. The Morgan fingerprint density at radius 1 is 1.41 bits per heavy atom. The minimum atomic E-state index is -0.104. The van der Waals surface area contributed by atoms with Gasteiger partial charge in [0.15, 0.2) is 5.13 Å². The first kappa shape index (κ1) is 14.9. The summed E-state index contributed by atoms with van der Waals surface area (Å²) < 4.78 is 5.54. The fourth-order valence-electron chi connectivity index (χ4n) is 1.79. The Hall–Kier alpha value is -2.06. The Labute approximate surface area is 135 Å². The normalized spacial score (nSPS) is 10.8.